The zero-order valence-corrected chi connectivity index (χ0v) is 7.77. The van der Waals surface area contributed by atoms with Crippen LogP contribution in [-0.4, -0.2) is 18.2 Å². The minimum atomic E-state index is 0.167. The molecule has 3 nitrogen and oxygen atoms in total. The van der Waals surface area contributed by atoms with Crippen LogP contribution in [0.2, 0.25) is 0 Å². The quantitative estimate of drug-likeness (QED) is 0.606. The number of piperidine rings is 1. The third kappa shape index (κ3) is 1.74. The summed E-state index contributed by atoms with van der Waals surface area (Å²) in [6.45, 7) is 0.799. The van der Waals surface area contributed by atoms with Crippen molar-refractivity contribution in [3.63, 3.8) is 0 Å². The summed E-state index contributed by atoms with van der Waals surface area (Å²) in [6, 6.07) is 0. The Morgan fingerprint density at radius 1 is 1.08 bits per heavy atom. The highest BCUT2D eigenvalue weighted by atomic mass is 16.1. The van der Waals surface area contributed by atoms with Crippen LogP contribution in [0.5, 0.6) is 0 Å². The van der Waals surface area contributed by atoms with Gasteiger partial charge in [-0.15, -0.1) is 0 Å². The Kier molecular flexibility index (Phi) is 2.10. The Labute approximate surface area is 77.9 Å². The van der Waals surface area contributed by atoms with Gasteiger partial charge in [0.1, 0.15) is 5.78 Å². The molecule has 0 bridgehead atoms. The van der Waals surface area contributed by atoms with Crippen molar-refractivity contribution in [3.8, 4) is 0 Å². The molecule has 13 heavy (non-hydrogen) atoms. The van der Waals surface area contributed by atoms with Crippen molar-refractivity contribution in [1.29, 1.82) is 0 Å². The molecule has 1 saturated heterocycles. The van der Waals surface area contributed by atoms with Gasteiger partial charge in [0.05, 0.1) is 0 Å². The molecule has 0 atom stereocenters. The Morgan fingerprint density at radius 3 is 2.38 bits per heavy atom. The number of hydrogen-bond donors (Lipinski definition) is 1. The van der Waals surface area contributed by atoms with Gasteiger partial charge < -0.3 is 5.32 Å². The second-order valence-electron chi connectivity index (χ2n) is 4.32. The molecule has 1 heterocycles. The zero-order chi connectivity index (χ0) is 9.31. The second kappa shape index (κ2) is 3.13. The lowest BCUT2D eigenvalue weighted by molar-refractivity contribution is -0.130. The lowest BCUT2D eigenvalue weighted by Crippen LogP contribution is -2.42. The number of ketones is 1. The third-order valence-electron chi connectivity index (χ3n) is 3.38. The Balaban J connectivity index is 2.03. The average Bonchev–Trinajstić information content (AvgIpc) is 2.11. The van der Waals surface area contributed by atoms with Gasteiger partial charge in [-0.1, -0.05) is 0 Å². The number of carbonyl (C=O) groups is 2. The highest BCUT2D eigenvalue weighted by Gasteiger charge is 2.38. The summed E-state index contributed by atoms with van der Waals surface area (Å²) in [5, 5.41) is 2.84. The summed E-state index contributed by atoms with van der Waals surface area (Å²) in [7, 11) is 0. The van der Waals surface area contributed by atoms with E-state index in [1.54, 1.807) is 0 Å². The minimum Gasteiger partial charge on any atom is -0.356 e. The molecule has 1 N–H and O–H groups in total. The maximum absolute atomic E-state index is 11.2. The minimum absolute atomic E-state index is 0.167. The van der Waals surface area contributed by atoms with Crippen molar-refractivity contribution in [3.05, 3.63) is 0 Å². The number of rotatable bonds is 0. The second-order valence-corrected chi connectivity index (χ2v) is 4.32. The molecular weight excluding hydrogens is 166 g/mol. The molecule has 0 unspecified atom stereocenters. The fourth-order valence-corrected chi connectivity index (χ4v) is 2.44. The van der Waals surface area contributed by atoms with E-state index in [9.17, 15) is 9.59 Å². The Bertz CT molecular complexity index is 237. The maximum Gasteiger partial charge on any atom is 0.220 e. The number of Topliss-reactive ketones (excluding diaryl/α,β-unsaturated/α-hetero) is 1. The van der Waals surface area contributed by atoms with Crippen molar-refractivity contribution in [1.82, 2.24) is 5.32 Å². The van der Waals surface area contributed by atoms with Crippen molar-refractivity contribution < 1.29 is 9.59 Å². The summed E-state index contributed by atoms with van der Waals surface area (Å²) in [5.41, 5.74) is 0.177. The standard InChI is InChI=1S/C10H15NO2/c12-8-1-3-10(4-2-8)5-6-11-9(13)7-10/h1-7H2,(H,11,13). The van der Waals surface area contributed by atoms with Gasteiger partial charge in [-0.2, -0.15) is 0 Å². The molecule has 2 fully saturated rings. The number of amides is 1. The van der Waals surface area contributed by atoms with E-state index in [2.05, 4.69) is 5.32 Å². The predicted molar refractivity (Wildman–Crippen MR) is 48.2 cm³/mol. The number of carbonyl (C=O) groups excluding carboxylic acids is 2. The van der Waals surface area contributed by atoms with Crippen LogP contribution >= 0.6 is 0 Å². The Morgan fingerprint density at radius 2 is 1.77 bits per heavy atom. The third-order valence-corrected chi connectivity index (χ3v) is 3.38. The fourth-order valence-electron chi connectivity index (χ4n) is 2.44. The molecule has 3 heteroatoms. The summed E-state index contributed by atoms with van der Waals surface area (Å²) in [4.78, 5) is 22.3. The first-order valence-corrected chi connectivity index (χ1v) is 4.99. The summed E-state index contributed by atoms with van der Waals surface area (Å²) in [6.07, 6.45) is 4.94. The van der Waals surface area contributed by atoms with Crippen LogP contribution in [0.3, 0.4) is 0 Å². The van der Waals surface area contributed by atoms with Gasteiger partial charge in [0.25, 0.3) is 0 Å². The zero-order valence-electron chi connectivity index (χ0n) is 7.77. The van der Waals surface area contributed by atoms with Gasteiger partial charge in [-0.3, -0.25) is 9.59 Å². The average molecular weight is 181 g/mol. The number of nitrogens with one attached hydrogen (secondary N) is 1. The van der Waals surface area contributed by atoms with E-state index in [0.717, 1.165) is 25.8 Å². The summed E-state index contributed by atoms with van der Waals surface area (Å²) >= 11 is 0. The predicted octanol–water partition coefficient (Wildman–Crippen LogP) is 1.03. The van der Waals surface area contributed by atoms with E-state index < -0.39 is 0 Å². The molecule has 2 aliphatic rings. The molecule has 0 aromatic rings. The molecule has 2 rings (SSSR count). The number of hydrogen-bond acceptors (Lipinski definition) is 2. The van der Waals surface area contributed by atoms with Gasteiger partial charge in [-0.05, 0) is 24.7 Å². The van der Waals surface area contributed by atoms with E-state index in [-0.39, 0.29) is 11.3 Å². The topological polar surface area (TPSA) is 46.2 Å². The molecular formula is C10H15NO2. The van der Waals surface area contributed by atoms with E-state index in [1.165, 1.54) is 0 Å². The van der Waals surface area contributed by atoms with Gasteiger partial charge in [-0.25, -0.2) is 0 Å². The first-order chi connectivity index (χ1) is 6.20. The maximum atomic E-state index is 11.2. The smallest absolute Gasteiger partial charge is 0.220 e. The van der Waals surface area contributed by atoms with Gasteiger partial charge in [0, 0.05) is 25.8 Å². The molecule has 72 valence electrons. The first kappa shape index (κ1) is 8.73. The van der Waals surface area contributed by atoms with Crippen LogP contribution in [-0.2, 0) is 9.59 Å². The monoisotopic (exact) mass is 181 g/mol. The normalized spacial score (nSPS) is 27.4. The van der Waals surface area contributed by atoms with Crippen LogP contribution in [0, 0.1) is 5.41 Å². The van der Waals surface area contributed by atoms with Crippen LogP contribution in [0.4, 0.5) is 0 Å². The lowest BCUT2D eigenvalue weighted by Gasteiger charge is -2.39. The van der Waals surface area contributed by atoms with Gasteiger partial charge >= 0.3 is 0 Å². The van der Waals surface area contributed by atoms with Crippen LogP contribution in [0.15, 0.2) is 0 Å². The van der Waals surface area contributed by atoms with E-state index in [1.807, 2.05) is 0 Å². The molecule has 0 aromatic carbocycles. The van der Waals surface area contributed by atoms with Crippen LogP contribution in [0.25, 0.3) is 0 Å². The van der Waals surface area contributed by atoms with Crippen molar-refractivity contribution in [2.24, 2.45) is 5.41 Å². The van der Waals surface area contributed by atoms with Gasteiger partial charge in [0.2, 0.25) is 5.91 Å². The molecule has 1 amide bonds. The van der Waals surface area contributed by atoms with E-state index in [0.29, 0.717) is 25.0 Å². The largest absolute Gasteiger partial charge is 0.356 e. The highest BCUT2D eigenvalue weighted by Crippen LogP contribution is 2.42. The molecule has 1 spiro atoms. The SMILES string of the molecule is O=C1CCC2(CCNC(=O)C2)CC1. The lowest BCUT2D eigenvalue weighted by atomic mass is 9.68. The van der Waals surface area contributed by atoms with E-state index in [4.69, 9.17) is 0 Å². The molecule has 1 saturated carbocycles. The van der Waals surface area contributed by atoms with Crippen molar-refractivity contribution in [2.45, 2.75) is 38.5 Å². The molecule has 1 aliphatic carbocycles. The van der Waals surface area contributed by atoms with E-state index >= 15 is 0 Å². The van der Waals surface area contributed by atoms with Gasteiger partial charge in [0.15, 0.2) is 0 Å². The Hall–Kier alpha value is -0.860. The van der Waals surface area contributed by atoms with Crippen molar-refractivity contribution >= 4 is 11.7 Å². The molecule has 1 aliphatic heterocycles. The first-order valence-electron chi connectivity index (χ1n) is 4.99. The summed E-state index contributed by atoms with van der Waals surface area (Å²) < 4.78 is 0. The molecule has 0 aromatic heterocycles. The van der Waals surface area contributed by atoms with Crippen LogP contribution in [0.1, 0.15) is 38.5 Å². The van der Waals surface area contributed by atoms with Crippen LogP contribution < -0.4 is 5.32 Å². The summed E-state index contributed by atoms with van der Waals surface area (Å²) in [5.74, 6) is 0.539. The van der Waals surface area contributed by atoms with Crippen molar-refractivity contribution in [2.75, 3.05) is 6.54 Å². The highest BCUT2D eigenvalue weighted by molar-refractivity contribution is 5.81. The molecule has 0 radical (unpaired) electrons. The fraction of sp³-hybridized carbons (Fsp3) is 0.800.